The summed E-state index contributed by atoms with van der Waals surface area (Å²) in [6.45, 7) is 0. The zero-order valence-corrected chi connectivity index (χ0v) is 13.2. The summed E-state index contributed by atoms with van der Waals surface area (Å²) >= 11 is 5.51. The van der Waals surface area contributed by atoms with E-state index in [1.165, 1.54) is 18.0 Å². The molecule has 0 saturated heterocycles. The Morgan fingerprint density at radius 1 is 1.35 bits per heavy atom. The van der Waals surface area contributed by atoms with E-state index in [0.29, 0.717) is 22.0 Å². The summed E-state index contributed by atoms with van der Waals surface area (Å²) in [5.74, 6) is 0.488. The van der Waals surface area contributed by atoms with Crippen molar-refractivity contribution in [3.8, 4) is 0 Å². The molecular formula is C12H10BrF3N2S2. The Morgan fingerprint density at radius 3 is 2.65 bits per heavy atom. The molecule has 1 atom stereocenters. The van der Waals surface area contributed by atoms with Gasteiger partial charge in [-0.1, -0.05) is 12.1 Å². The van der Waals surface area contributed by atoms with Crippen molar-refractivity contribution in [2.45, 2.75) is 17.1 Å². The molecular weight excluding hydrogens is 373 g/mol. The highest BCUT2D eigenvalue weighted by atomic mass is 79.9. The molecule has 0 amide bonds. The van der Waals surface area contributed by atoms with Crippen LogP contribution >= 0.6 is 39.0 Å². The first-order valence-corrected chi connectivity index (χ1v) is 8.13. The van der Waals surface area contributed by atoms with Crippen LogP contribution in [-0.4, -0.2) is 10.7 Å². The van der Waals surface area contributed by atoms with Gasteiger partial charge in [-0.05, 0) is 28.1 Å². The third kappa shape index (κ3) is 3.97. The van der Waals surface area contributed by atoms with Gasteiger partial charge in [0.2, 0.25) is 0 Å². The van der Waals surface area contributed by atoms with Gasteiger partial charge in [0.15, 0.2) is 5.01 Å². The van der Waals surface area contributed by atoms with Gasteiger partial charge in [-0.3, -0.25) is 0 Å². The van der Waals surface area contributed by atoms with Crippen LogP contribution in [0.25, 0.3) is 0 Å². The molecule has 0 aliphatic carbocycles. The molecule has 0 bridgehead atoms. The first-order valence-electron chi connectivity index (χ1n) is 5.54. The Hall–Kier alpha value is -0.570. The van der Waals surface area contributed by atoms with Gasteiger partial charge < -0.3 is 5.73 Å². The van der Waals surface area contributed by atoms with Crippen LogP contribution in [0.3, 0.4) is 0 Å². The second-order valence-corrected chi connectivity index (χ2v) is 6.89. The molecule has 2 aromatic rings. The molecule has 0 radical (unpaired) electrons. The molecule has 0 fully saturated rings. The molecule has 8 heteroatoms. The molecule has 20 heavy (non-hydrogen) atoms. The normalized spacial score (nSPS) is 13.4. The number of aromatic nitrogens is 1. The van der Waals surface area contributed by atoms with E-state index in [1.807, 2.05) is 24.3 Å². The van der Waals surface area contributed by atoms with Crippen molar-refractivity contribution in [3.63, 3.8) is 0 Å². The Morgan fingerprint density at radius 2 is 2.05 bits per heavy atom. The average Bonchev–Trinajstić information content (AvgIpc) is 2.87. The maximum Gasteiger partial charge on any atom is 0.443 e. The molecule has 108 valence electrons. The third-order valence-corrected chi connectivity index (χ3v) is 5.71. The molecule has 2 N–H and O–H groups in total. The number of nitrogens with zero attached hydrogens (tertiary/aromatic N) is 1. The van der Waals surface area contributed by atoms with Crippen molar-refractivity contribution < 1.29 is 13.2 Å². The highest BCUT2D eigenvalue weighted by Crippen LogP contribution is 2.35. The molecule has 2 nitrogen and oxygen atoms in total. The molecule has 1 unspecified atom stereocenters. The van der Waals surface area contributed by atoms with Gasteiger partial charge in [-0.15, -0.1) is 23.1 Å². The largest absolute Gasteiger partial charge is 0.443 e. The summed E-state index contributed by atoms with van der Waals surface area (Å²) in [4.78, 5) is 4.82. The lowest BCUT2D eigenvalue weighted by Crippen LogP contribution is -2.11. The first-order chi connectivity index (χ1) is 9.38. The summed E-state index contributed by atoms with van der Waals surface area (Å²) in [5, 5.41) is -0.853. The van der Waals surface area contributed by atoms with Crippen molar-refractivity contribution in [1.82, 2.24) is 4.98 Å². The molecule has 2 rings (SSSR count). The topological polar surface area (TPSA) is 38.9 Å². The monoisotopic (exact) mass is 382 g/mol. The number of nitrogens with two attached hydrogens (primary N) is 1. The Balaban J connectivity index is 2.00. The first kappa shape index (κ1) is 15.8. The molecule has 0 saturated carbocycles. The number of halogens is 4. The van der Waals surface area contributed by atoms with E-state index >= 15 is 0 Å². The predicted octanol–water partition coefficient (Wildman–Crippen LogP) is 4.72. The van der Waals surface area contributed by atoms with E-state index in [2.05, 4.69) is 20.9 Å². The summed E-state index contributed by atoms with van der Waals surface area (Å²) in [7, 11) is 0. The van der Waals surface area contributed by atoms with Crippen molar-refractivity contribution in [2.75, 3.05) is 5.75 Å². The summed E-state index contributed by atoms with van der Waals surface area (Å²) < 4.78 is 38.3. The minimum atomic E-state index is -4.40. The van der Waals surface area contributed by atoms with Crippen LogP contribution in [0, 0.1) is 0 Å². The molecule has 1 aromatic heterocycles. The van der Waals surface area contributed by atoms with E-state index < -0.39 is 17.2 Å². The number of alkyl halides is 3. The van der Waals surface area contributed by atoms with E-state index in [4.69, 9.17) is 5.73 Å². The average molecular weight is 383 g/mol. The smallest absolute Gasteiger partial charge is 0.323 e. The fourth-order valence-corrected chi connectivity index (χ4v) is 3.85. The Labute approximate surface area is 130 Å². The van der Waals surface area contributed by atoms with Crippen LogP contribution in [0.1, 0.15) is 15.9 Å². The third-order valence-electron chi connectivity index (χ3n) is 2.39. The number of thiazole rings is 1. The van der Waals surface area contributed by atoms with Gasteiger partial charge in [-0.25, -0.2) is 4.98 Å². The van der Waals surface area contributed by atoms with Gasteiger partial charge in [-0.2, -0.15) is 13.2 Å². The van der Waals surface area contributed by atoms with E-state index in [9.17, 15) is 13.2 Å². The lowest BCUT2D eigenvalue weighted by atomic mass is 10.3. The maximum absolute atomic E-state index is 12.5. The molecule has 1 aromatic carbocycles. The van der Waals surface area contributed by atoms with Gasteiger partial charge in [0.05, 0.1) is 6.04 Å². The molecule has 0 spiro atoms. The van der Waals surface area contributed by atoms with Crippen molar-refractivity contribution >= 4 is 39.0 Å². The number of rotatable bonds is 4. The lowest BCUT2D eigenvalue weighted by Gasteiger charge is -2.09. The fourth-order valence-electron chi connectivity index (χ4n) is 1.41. The molecule has 0 aliphatic rings. The minimum Gasteiger partial charge on any atom is -0.323 e. The second-order valence-electron chi connectivity index (χ2n) is 3.91. The summed E-state index contributed by atoms with van der Waals surface area (Å²) in [6, 6.07) is 7.15. The number of hydrogen-bond donors (Lipinski definition) is 1. The van der Waals surface area contributed by atoms with Crippen LogP contribution in [0.15, 0.2) is 39.8 Å². The predicted molar refractivity (Wildman–Crippen MR) is 78.9 cm³/mol. The number of hydrogen-bond acceptors (Lipinski definition) is 4. The Bertz CT molecular complexity index is 586. The van der Waals surface area contributed by atoms with Gasteiger partial charge in [0, 0.05) is 26.2 Å². The van der Waals surface area contributed by atoms with E-state index in [0.717, 1.165) is 9.37 Å². The van der Waals surface area contributed by atoms with Crippen LogP contribution < -0.4 is 5.73 Å². The van der Waals surface area contributed by atoms with Crippen LogP contribution in [-0.2, 0) is 6.18 Å². The highest BCUT2D eigenvalue weighted by Gasteiger charge is 2.35. The quantitative estimate of drug-likeness (QED) is 0.777. The zero-order valence-electron chi connectivity index (χ0n) is 10.0. The molecule has 0 aliphatic heterocycles. The number of benzene rings is 1. The highest BCUT2D eigenvalue weighted by molar-refractivity contribution is 9.10. The Kier molecular flexibility index (Phi) is 5.11. The van der Waals surface area contributed by atoms with Gasteiger partial charge in [0.1, 0.15) is 0 Å². The van der Waals surface area contributed by atoms with Gasteiger partial charge in [0.25, 0.3) is 0 Å². The maximum atomic E-state index is 12.5. The standard InChI is InChI=1S/C12H10BrF3N2S2/c13-7-3-1-2-4-9(7)19-6-8(17)10-5-18-11(20-10)12(14,15)16/h1-5,8H,6,17H2. The summed E-state index contributed by atoms with van der Waals surface area (Å²) in [5.41, 5.74) is 5.92. The van der Waals surface area contributed by atoms with Crippen molar-refractivity contribution in [3.05, 3.63) is 44.8 Å². The fraction of sp³-hybridized carbons (Fsp3) is 0.250. The van der Waals surface area contributed by atoms with Crippen molar-refractivity contribution in [1.29, 1.82) is 0 Å². The van der Waals surface area contributed by atoms with E-state index in [-0.39, 0.29) is 0 Å². The number of thioether (sulfide) groups is 1. The minimum absolute atomic E-state index is 0.442. The van der Waals surface area contributed by atoms with E-state index in [1.54, 1.807) is 0 Å². The van der Waals surface area contributed by atoms with Gasteiger partial charge >= 0.3 is 6.18 Å². The SMILES string of the molecule is NC(CSc1ccccc1Br)c1cnc(C(F)(F)F)s1. The zero-order chi connectivity index (χ0) is 14.8. The lowest BCUT2D eigenvalue weighted by molar-refractivity contribution is -0.137. The second kappa shape index (κ2) is 6.46. The van der Waals surface area contributed by atoms with Crippen molar-refractivity contribution in [2.24, 2.45) is 5.73 Å². The van der Waals surface area contributed by atoms with Crippen LogP contribution in [0.4, 0.5) is 13.2 Å². The molecule has 1 heterocycles. The van der Waals surface area contributed by atoms with Crippen LogP contribution in [0.2, 0.25) is 0 Å². The van der Waals surface area contributed by atoms with Crippen LogP contribution in [0.5, 0.6) is 0 Å². The summed E-state index contributed by atoms with van der Waals surface area (Å²) in [6.07, 6.45) is -3.20.